The molecule has 0 aromatic carbocycles. The molecule has 3 heterocycles. The zero-order valence-corrected chi connectivity index (χ0v) is 17.3. The second kappa shape index (κ2) is 8.47. The van der Waals surface area contributed by atoms with Crippen molar-refractivity contribution in [2.75, 3.05) is 11.9 Å². The van der Waals surface area contributed by atoms with Crippen LogP contribution in [0.4, 0.5) is 5.13 Å². The van der Waals surface area contributed by atoms with E-state index in [1.54, 1.807) is 4.40 Å². The Morgan fingerprint density at radius 1 is 1.25 bits per heavy atom. The topological polar surface area (TPSA) is 101 Å². The number of imidazole rings is 1. The van der Waals surface area contributed by atoms with Crippen LogP contribution in [0.5, 0.6) is 0 Å². The van der Waals surface area contributed by atoms with E-state index in [9.17, 15) is 9.59 Å². The minimum absolute atomic E-state index is 0.137. The van der Waals surface area contributed by atoms with Gasteiger partial charge in [0, 0.05) is 25.1 Å². The normalized spacial score (nSPS) is 11.2. The van der Waals surface area contributed by atoms with E-state index in [0.717, 1.165) is 16.2 Å². The van der Waals surface area contributed by atoms with Gasteiger partial charge in [-0.25, -0.2) is 4.98 Å². The molecule has 2 amide bonds. The number of aryl methyl sites for hydroxylation is 2. The number of nitrogens with one attached hydrogen (secondary N) is 2. The lowest BCUT2D eigenvalue weighted by molar-refractivity contribution is -0.116. The molecule has 0 aliphatic carbocycles. The largest absolute Gasteiger partial charge is 0.351 e. The van der Waals surface area contributed by atoms with Crippen molar-refractivity contribution in [2.24, 2.45) is 0 Å². The number of hydrogen-bond acceptors (Lipinski definition) is 6. The Bertz CT molecular complexity index is 1010. The summed E-state index contributed by atoms with van der Waals surface area (Å²) >= 11 is 1.38. The molecule has 0 atom stereocenters. The van der Waals surface area contributed by atoms with E-state index < -0.39 is 0 Å². The highest BCUT2D eigenvalue weighted by molar-refractivity contribution is 7.15. The molecule has 0 fully saturated rings. The summed E-state index contributed by atoms with van der Waals surface area (Å²) < 4.78 is 1.80. The Hall–Kier alpha value is -2.81. The average molecular weight is 401 g/mol. The maximum absolute atomic E-state index is 12.6. The van der Waals surface area contributed by atoms with Gasteiger partial charge >= 0.3 is 0 Å². The lowest BCUT2D eigenvalue weighted by atomic mass is 10.2. The second-order valence-electron chi connectivity index (χ2n) is 6.94. The van der Waals surface area contributed by atoms with Gasteiger partial charge in [0.05, 0.1) is 5.69 Å². The maximum Gasteiger partial charge on any atom is 0.270 e. The monoisotopic (exact) mass is 400 g/mol. The number of hydrogen-bond donors (Lipinski definition) is 2. The van der Waals surface area contributed by atoms with Gasteiger partial charge in [0.1, 0.15) is 16.3 Å². The Morgan fingerprint density at radius 2 is 2.04 bits per heavy atom. The van der Waals surface area contributed by atoms with Gasteiger partial charge < -0.3 is 10.6 Å². The Morgan fingerprint density at radius 3 is 2.75 bits per heavy atom. The van der Waals surface area contributed by atoms with E-state index in [2.05, 4.69) is 25.8 Å². The minimum Gasteiger partial charge on any atom is -0.351 e. The molecule has 3 aromatic heterocycles. The molecule has 9 heteroatoms. The number of aromatic nitrogens is 4. The molecule has 28 heavy (non-hydrogen) atoms. The first-order valence-corrected chi connectivity index (χ1v) is 10.0. The highest BCUT2D eigenvalue weighted by Gasteiger charge is 2.17. The van der Waals surface area contributed by atoms with Crippen molar-refractivity contribution in [1.82, 2.24) is 24.9 Å². The third-order valence-corrected chi connectivity index (χ3v) is 5.42. The van der Waals surface area contributed by atoms with Crippen LogP contribution < -0.4 is 10.6 Å². The van der Waals surface area contributed by atoms with Gasteiger partial charge in [-0.3, -0.25) is 14.0 Å². The van der Waals surface area contributed by atoms with E-state index in [4.69, 9.17) is 0 Å². The van der Waals surface area contributed by atoms with Gasteiger partial charge in [-0.1, -0.05) is 31.3 Å². The molecule has 3 aromatic rings. The first kappa shape index (κ1) is 19.9. The molecular formula is C19H24N6O2S. The van der Waals surface area contributed by atoms with Crippen LogP contribution in [-0.2, 0) is 4.79 Å². The van der Waals surface area contributed by atoms with Crippen molar-refractivity contribution in [3.05, 3.63) is 40.3 Å². The zero-order valence-electron chi connectivity index (χ0n) is 16.4. The number of fused-ring (bicyclic) bond motifs is 1. The zero-order chi connectivity index (χ0) is 20.3. The van der Waals surface area contributed by atoms with Crippen LogP contribution in [0.2, 0.25) is 0 Å². The number of anilines is 1. The van der Waals surface area contributed by atoms with E-state index in [1.807, 2.05) is 46.0 Å². The number of amides is 2. The number of carbonyl (C=O) groups is 2. The van der Waals surface area contributed by atoms with Crippen molar-refractivity contribution in [3.63, 3.8) is 0 Å². The molecule has 0 unspecified atom stereocenters. The molecule has 0 aliphatic rings. The number of nitrogens with zero attached hydrogens (tertiary/aromatic N) is 4. The summed E-state index contributed by atoms with van der Waals surface area (Å²) in [5, 5.41) is 15.0. The van der Waals surface area contributed by atoms with Gasteiger partial charge in [0.25, 0.3) is 5.91 Å². The fourth-order valence-electron chi connectivity index (χ4n) is 2.83. The summed E-state index contributed by atoms with van der Waals surface area (Å²) in [5.74, 6) is -0.0470. The summed E-state index contributed by atoms with van der Waals surface area (Å²) in [6.07, 6.45) is 2.66. The van der Waals surface area contributed by atoms with E-state index in [0.29, 0.717) is 35.9 Å². The molecular weight excluding hydrogens is 376 g/mol. The summed E-state index contributed by atoms with van der Waals surface area (Å²) in [5.41, 5.74) is 3.00. The van der Waals surface area contributed by atoms with Crippen LogP contribution >= 0.6 is 11.3 Å². The quantitative estimate of drug-likeness (QED) is 0.594. The molecule has 0 radical (unpaired) electrons. The Labute approximate surface area is 167 Å². The van der Waals surface area contributed by atoms with Crippen LogP contribution in [0, 0.1) is 13.8 Å². The molecule has 0 bridgehead atoms. The van der Waals surface area contributed by atoms with Crippen LogP contribution in [-0.4, -0.2) is 37.9 Å². The molecule has 148 valence electrons. The summed E-state index contributed by atoms with van der Waals surface area (Å²) in [7, 11) is 0. The lowest BCUT2D eigenvalue weighted by Crippen LogP contribution is -2.27. The van der Waals surface area contributed by atoms with Crippen LogP contribution in [0.25, 0.3) is 5.65 Å². The lowest BCUT2D eigenvalue weighted by Gasteiger charge is -2.06. The van der Waals surface area contributed by atoms with Crippen LogP contribution in [0.15, 0.2) is 18.3 Å². The van der Waals surface area contributed by atoms with Crippen LogP contribution in [0.3, 0.4) is 0 Å². The summed E-state index contributed by atoms with van der Waals surface area (Å²) in [4.78, 5) is 29.1. The molecule has 0 aliphatic heterocycles. The highest BCUT2D eigenvalue weighted by atomic mass is 32.1. The van der Waals surface area contributed by atoms with Gasteiger partial charge in [-0.15, -0.1) is 10.2 Å². The summed E-state index contributed by atoms with van der Waals surface area (Å²) in [6.45, 7) is 8.24. The fraction of sp³-hybridized carbons (Fsp3) is 0.421. The van der Waals surface area contributed by atoms with Crippen molar-refractivity contribution in [1.29, 1.82) is 0 Å². The Kier molecular flexibility index (Phi) is 6.03. The second-order valence-corrected chi connectivity index (χ2v) is 7.95. The average Bonchev–Trinajstić information content (AvgIpc) is 3.23. The standard InChI is InChI=1S/C19H24N6O2S/c1-11(2)18-23-24-19(28-18)22-14(26)8-5-9-20-17(27)15-13(4)21-16-12(3)7-6-10-25(15)16/h6-7,10-11H,5,8-9H2,1-4H3,(H,20,27)(H,22,24,26). The van der Waals surface area contributed by atoms with Crippen molar-refractivity contribution >= 4 is 33.9 Å². The van der Waals surface area contributed by atoms with Crippen LogP contribution in [0.1, 0.15) is 59.4 Å². The van der Waals surface area contributed by atoms with Gasteiger partial charge in [-0.05, 0) is 31.9 Å². The first-order valence-electron chi connectivity index (χ1n) is 9.22. The van der Waals surface area contributed by atoms with E-state index in [-0.39, 0.29) is 17.7 Å². The molecule has 0 saturated heterocycles. The maximum atomic E-state index is 12.6. The van der Waals surface area contributed by atoms with Gasteiger partial charge in [0.2, 0.25) is 11.0 Å². The van der Waals surface area contributed by atoms with Gasteiger partial charge in [0.15, 0.2) is 0 Å². The van der Waals surface area contributed by atoms with Crippen molar-refractivity contribution in [2.45, 2.75) is 46.5 Å². The van der Waals surface area contributed by atoms with Gasteiger partial charge in [-0.2, -0.15) is 0 Å². The predicted octanol–water partition coefficient (Wildman–Crippen LogP) is 3.07. The molecule has 8 nitrogen and oxygen atoms in total. The molecule has 0 saturated carbocycles. The number of pyridine rings is 1. The van der Waals surface area contributed by atoms with E-state index >= 15 is 0 Å². The molecule has 2 N–H and O–H groups in total. The van der Waals surface area contributed by atoms with Crippen molar-refractivity contribution in [3.8, 4) is 0 Å². The minimum atomic E-state index is -0.193. The molecule has 0 spiro atoms. The predicted molar refractivity (Wildman–Crippen MR) is 109 cm³/mol. The number of rotatable bonds is 7. The first-order chi connectivity index (χ1) is 13.4. The third kappa shape index (κ3) is 4.36. The summed E-state index contributed by atoms with van der Waals surface area (Å²) in [6, 6.07) is 3.85. The van der Waals surface area contributed by atoms with E-state index in [1.165, 1.54) is 11.3 Å². The SMILES string of the molecule is Cc1nc2c(C)cccn2c1C(=O)NCCCC(=O)Nc1nnc(C(C)C)s1. The van der Waals surface area contributed by atoms with Crippen molar-refractivity contribution < 1.29 is 9.59 Å². The smallest absolute Gasteiger partial charge is 0.270 e. The third-order valence-electron chi connectivity index (χ3n) is 4.28. The number of carbonyl (C=O) groups excluding carboxylic acids is 2. The molecule has 3 rings (SSSR count). The Balaban J connectivity index is 1.50. The highest BCUT2D eigenvalue weighted by Crippen LogP contribution is 2.22. The fourth-order valence-corrected chi connectivity index (χ4v) is 3.59.